The van der Waals surface area contributed by atoms with Gasteiger partial charge in [-0.1, -0.05) is 45.0 Å². The highest BCUT2D eigenvalue weighted by Gasteiger charge is 2.29. The van der Waals surface area contributed by atoms with Crippen molar-refractivity contribution in [3.63, 3.8) is 0 Å². The van der Waals surface area contributed by atoms with Crippen molar-refractivity contribution in [2.45, 2.75) is 44.9 Å². The van der Waals surface area contributed by atoms with Crippen molar-refractivity contribution in [2.24, 2.45) is 0 Å². The summed E-state index contributed by atoms with van der Waals surface area (Å²) in [5.41, 5.74) is 2.73. The van der Waals surface area contributed by atoms with Crippen molar-refractivity contribution in [1.29, 1.82) is 0 Å². The van der Waals surface area contributed by atoms with Crippen molar-refractivity contribution >= 4 is 0 Å². The van der Waals surface area contributed by atoms with E-state index < -0.39 is 12.2 Å². The van der Waals surface area contributed by atoms with Crippen molar-refractivity contribution in [1.82, 2.24) is 4.90 Å². The second-order valence-corrected chi connectivity index (χ2v) is 6.28. The van der Waals surface area contributed by atoms with Gasteiger partial charge >= 0.3 is 0 Å². The topological polar surface area (TPSA) is 43.7 Å². The lowest BCUT2D eigenvalue weighted by Gasteiger charge is -2.20. The number of aliphatic hydroxyl groups excluding tert-OH is 2. The van der Waals surface area contributed by atoms with Gasteiger partial charge in [0.25, 0.3) is 0 Å². The molecule has 0 aliphatic carbocycles. The van der Waals surface area contributed by atoms with Gasteiger partial charge in [0, 0.05) is 19.6 Å². The quantitative estimate of drug-likeness (QED) is 0.835. The standard InChI is InChI=1S/C15H23NO2/c1-15(2,3)12-6-4-11(5-7-12)8-16-9-13(17)14(18)10-16/h4-7,13-14,17-18H,8-10H2,1-3H3/t13-,14+. The molecule has 1 aromatic carbocycles. The van der Waals surface area contributed by atoms with E-state index in [4.69, 9.17) is 0 Å². The van der Waals surface area contributed by atoms with Crippen LogP contribution < -0.4 is 0 Å². The minimum atomic E-state index is -0.598. The molecule has 0 amide bonds. The lowest BCUT2D eigenvalue weighted by Crippen LogP contribution is -2.22. The Bertz CT molecular complexity index is 384. The lowest BCUT2D eigenvalue weighted by atomic mass is 9.87. The van der Waals surface area contributed by atoms with Crippen LogP contribution in [-0.4, -0.2) is 40.4 Å². The molecule has 0 unspecified atom stereocenters. The smallest absolute Gasteiger partial charge is 0.0938 e. The van der Waals surface area contributed by atoms with Crippen molar-refractivity contribution < 1.29 is 10.2 Å². The van der Waals surface area contributed by atoms with E-state index >= 15 is 0 Å². The van der Waals surface area contributed by atoms with Crippen LogP contribution in [0.15, 0.2) is 24.3 Å². The summed E-state index contributed by atoms with van der Waals surface area (Å²) in [6.07, 6.45) is -1.20. The predicted octanol–water partition coefficient (Wildman–Crippen LogP) is 1.52. The zero-order valence-electron chi connectivity index (χ0n) is 11.4. The van der Waals surface area contributed by atoms with E-state index in [0.29, 0.717) is 13.1 Å². The summed E-state index contributed by atoms with van der Waals surface area (Å²) in [5, 5.41) is 19.0. The highest BCUT2D eigenvalue weighted by molar-refractivity contribution is 5.27. The minimum absolute atomic E-state index is 0.179. The molecule has 0 saturated carbocycles. The SMILES string of the molecule is CC(C)(C)c1ccc(CN2C[C@@H](O)[C@@H](O)C2)cc1. The van der Waals surface area contributed by atoms with E-state index in [2.05, 4.69) is 49.9 Å². The third kappa shape index (κ3) is 3.10. The zero-order valence-corrected chi connectivity index (χ0v) is 11.4. The average Bonchev–Trinajstić information content (AvgIpc) is 2.57. The maximum absolute atomic E-state index is 9.51. The Labute approximate surface area is 109 Å². The highest BCUT2D eigenvalue weighted by atomic mass is 16.3. The molecule has 1 heterocycles. The first-order chi connectivity index (χ1) is 8.36. The van der Waals surface area contributed by atoms with Crippen molar-refractivity contribution in [2.75, 3.05) is 13.1 Å². The fourth-order valence-corrected chi connectivity index (χ4v) is 2.34. The molecule has 1 fully saturated rings. The van der Waals surface area contributed by atoms with Crippen molar-refractivity contribution in [3.8, 4) is 0 Å². The Kier molecular flexibility index (Phi) is 3.76. The maximum Gasteiger partial charge on any atom is 0.0938 e. The molecule has 0 radical (unpaired) electrons. The van der Waals surface area contributed by atoms with Gasteiger partial charge in [-0.05, 0) is 16.5 Å². The molecule has 3 heteroatoms. The van der Waals surface area contributed by atoms with Gasteiger partial charge in [0.2, 0.25) is 0 Å². The van der Waals surface area contributed by atoms with Gasteiger partial charge in [0.15, 0.2) is 0 Å². The molecule has 2 atom stereocenters. The van der Waals surface area contributed by atoms with Gasteiger partial charge in [0.1, 0.15) is 0 Å². The first-order valence-corrected chi connectivity index (χ1v) is 6.54. The summed E-state index contributed by atoms with van der Waals surface area (Å²) >= 11 is 0. The molecule has 0 aromatic heterocycles. The summed E-state index contributed by atoms with van der Waals surface area (Å²) in [7, 11) is 0. The molecule has 0 spiro atoms. The van der Waals surface area contributed by atoms with Crippen LogP contribution in [0.5, 0.6) is 0 Å². The Hall–Kier alpha value is -0.900. The molecule has 0 bridgehead atoms. The van der Waals surface area contributed by atoms with Gasteiger partial charge in [-0.15, -0.1) is 0 Å². The van der Waals surface area contributed by atoms with Gasteiger partial charge in [0.05, 0.1) is 12.2 Å². The molecule has 100 valence electrons. The number of nitrogens with zero attached hydrogens (tertiary/aromatic N) is 1. The lowest BCUT2D eigenvalue weighted by molar-refractivity contribution is 0.0572. The number of β-amino-alcohol motifs (C(OH)–C–C–N with tert-alkyl or cyclic N) is 2. The third-order valence-corrected chi connectivity index (χ3v) is 3.56. The van der Waals surface area contributed by atoms with E-state index in [1.807, 2.05) is 0 Å². The first-order valence-electron chi connectivity index (χ1n) is 6.54. The van der Waals surface area contributed by atoms with Gasteiger partial charge in [-0.25, -0.2) is 0 Å². The van der Waals surface area contributed by atoms with E-state index in [1.165, 1.54) is 11.1 Å². The van der Waals surface area contributed by atoms with Crippen LogP contribution in [-0.2, 0) is 12.0 Å². The minimum Gasteiger partial charge on any atom is -0.389 e. The Morgan fingerprint density at radius 1 is 1.06 bits per heavy atom. The Morgan fingerprint density at radius 3 is 2.00 bits per heavy atom. The number of hydrogen-bond donors (Lipinski definition) is 2. The number of rotatable bonds is 2. The molecular formula is C15H23NO2. The second-order valence-electron chi connectivity index (χ2n) is 6.28. The molecule has 1 aliphatic heterocycles. The van der Waals surface area contributed by atoms with Crippen LogP contribution in [0, 0.1) is 0 Å². The second kappa shape index (κ2) is 5.00. The zero-order chi connectivity index (χ0) is 13.3. The van der Waals surface area contributed by atoms with Crippen LogP contribution in [0.1, 0.15) is 31.9 Å². The summed E-state index contributed by atoms with van der Waals surface area (Å²) in [6, 6.07) is 8.60. The molecule has 2 rings (SSSR count). The Morgan fingerprint density at radius 2 is 1.56 bits per heavy atom. The first kappa shape index (κ1) is 13.5. The highest BCUT2D eigenvalue weighted by Crippen LogP contribution is 2.23. The summed E-state index contributed by atoms with van der Waals surface area (Å²) in [4.78, 5) is 2.08. The monoisotopic (exact) mass is 249 g/mol. The van der Waals surface area contributed by atoms with Crippen LogP contribution in [0.3, 0.4) is 0 Å². The van der Waals surface area contributed by atoms with Crippen LogP contribution >= 0.6 is 0 Å². The third-order valence-electron chi connectivity index (χ3n) is 3.56. The maximum atomic E-state index is 9.51. The molecule has 1 aromatic rings. The normalized spacial score (nSPS) is 25.6. The average molecular weight is 249 g/mol. The summed E-state index contributed by atoms with van der Waals surface area (Å²) in [6.45, 7) is 8.52. The molecule has 1 saturated heterocycles. The largest absolute Gasteiger partial charge is 0.389 e. The molecule has 18 heavy (non-hydrogen) atoms. The molecular weight excluding hydrogens is 226 g/mol. The number of aliphatic hydroxyl groups is 2. The fraction of sp³-hybridized carbons (Fsp3) is 0.600. The summed E-state index contributed by atoms with van der Waals surface area (Å²) < 4.78 is 0. The fourth-order valence-electron chi connectivity index (χ4n) is 2.34. The van der Waals surface area contributed by atoms with E-state index in [9.17, 15) is 10.2 Å². The number of benzene rings is 1. The predicted molar refractivity (Wildman–Crippen MR) is 72.4 cm³/mol. The Balaban J connectivity index is 1.99. The van der Waals surface area contributed by atoms with Crippen LogP contribution in [0.4, 0.5) is 0 Å². The van der Waals surface area contributed by atoms with E-state index in [0.717, 1.165) is 6.54 Å². The molecule has 1 aliphatic rings. The van der Waals surface area contributed by atoms with E-state index in [1.54, 1.807) is 0 Å². The van der Waals surface area contributed by atoms with Gasteiger partial charge in [-0.3, -0.25) is 4.90 Å². The van der Waals surface area contributed by atoms with Crippen molar-refractivity contribution in [3.05, 3.63) is 35.4 Å². The van der Waals surface area contributed by atoms with Crippen LogP contribution in [0.2, 0.25) is 0 Å². The number of likely N-dealkylation sites (tertiary alicyclic amines) is 1. The van der Waals surface area contributed by atoms with Gasteiger partial charge in [-0.2, -0.15) is 0 Å². The molecule has 3 nitrogen and oxygen atoms in total. The number of hydrogen-bond acceptors (Lipinski definition) is 3. The van der Waals surface area contributed by atoms with Crippen LogP contribution in [0.25, 0.3) is 0 Å². The van der Waals surface area contributed by atoms with Gasteiger partial charge < -0.3 is 10.2 Å². The summed E-state index contributed by atoms with van der Waals surface area (Å²) in [5.74, 6) is 0. The van der Waals surface area contributed by atoms with E-state index in [-0.39, 0.29) is 5.41 Å². The molecule has 2 N–H and O–H groups in total.